The summed E-state index contributed by atoms with van der Waals surface area (Å²) in [6, 6.07) is 5.34. The van der Waals surface area contributed by atoms with E-state index in [0.717, 1.165) is 15.5 Å². The number of pyridine rings is 1. The average Bonchev–Trinajstić information content (AvgIpc) is 2.56. The Labute approximate surface area is 155 Å². The minimum absolute atomic E-state index is 0.0561. The second kappa shape index (κ2) is 6.81. The Morgan fingerprint density at radius 1 is 1.32 bits per heavy atom. The van der Waals surface area contributed by atoms with Crippen molar-refractivity contribution in [3.05, 3.63) is 57.3 Å². The number of aromatic nitrogens is 1. The van der Waals surface area contributed by atoms with Crippen molar-refractivity contribution in [1.29, 1.82) is 0 Å². The van der Waals surface area contributed by atoms with E-state index in [4.69, 9.17) is 33.1 Å². The molecule has 0 saturated carbocycles. The van der Waals surface area contributed by atoms with Crippen LogP contribution in [0.25, 0.3) is 11.8 Å². The molecule has 1 aliphatic rings. The Morgan fingerprint density at radius 3 is 2.60 bits per heavy atom. The van der Waals surface area contributed by atoms with Crippen LogP contribution in [0.15, 0.2) is 30.6 Å². The van der Waals surface area contributed by atoms with E-state index in [1.54, 1.807) is 18.2 Å². The SMILES string of the molecule is COc1ccc2c(c1)CN(S(N)(=O)=O)NC2=Cc1c(Cl)cncc1Cl. The van der Waals surface area contributed by atoms with Crippen LogP contribution in [0.4, 0.5) is 0 Å². The van der Waals surface area contributed by atoms with Gasteiger partial charge in [0.25, 0.3) is 10.2 Å². The highest BCUT2D eigenvalue weighted by molar-refractivity contribution is 7.86. The number of halogens is 2. The molecule has 3 N–H and O–H groups in total. The van der Waals surface area contributed by atoms with Gasteiger partial charge in [0.2, 0.25) is 0 Å². The number of hydrazine groups is 1. The monoisotopic (exact) mass is 400 g/mol. The largest absolute Gasteiger partial charge is 0.497 e. The fourth-order valence-corrected chi connectivity index (χ4v) is 3.46. The van der Waals surface area contributed by atoms with Crippen LogP contribution in [0.5, 0.6) is 5.75 Å². The number of rotatable bonds is 3. The zero-order valence-electron chi connectivity index (χ0n) is 13.0. The normalized spacial score (nSPS) is 16.4. The molecule has 2 heterocycles. The number of nitrogens with two attached hydrogens (primary N) is 1. The van der Waals surface area contributed by atoms with Gasteiger partial charge in [-0.1, -0.05) is 27.6 Å². The summed E-state index contributed by atoms with van der Waals surface area (Å²) in [5.41, 5.74) is 5.29. The zero-order chi connectivity index (χ0) is 18.2. The molecule has 2 aromatic rings. The third kappa shape index (κ3) is 3.73. The molecule has 25 heavy (non-hydrogen) atoms. The highest BCUT2D eigenvalue weighted by Gasteiger charge is 2.27. The summed E-state index contributed by atoms with van der Waals surface area (Å²) in [4.78, 5) is 3.90. The molecule has 7 nitrogen and oxygen atoms in total. The molecule has 0 saturated heterocycles. The molecule has 0 atom stereocenters. The Hall–Kier alpha value is -1.84. The number of fused-ring (bicyclic) bond motifs is 1. The number of hydrogen-bond donors (Lipinski definition) is 2. The third-order valence-electron chi connectivity index (χ3n) is 3.65. The van der Waals surface area contributed by atoms with Gasteiger partial charge < -0.3 is 10.2 Å². The lowest BCUT2D eigenvalue weighted by Crippen LogP contribution is -2.47. The molecule has 1 aromatic carbocycles. The maximum absolute atomic E-state index is 11.8. The summed E-state index contributed by atoms with van der Waals surface area (Å²) in [5.74, 6) is 0.606. The van der Waals surface area contributed by atoms with Crippen LogP contribution in [0.2, 0.25) is 10.0 Å². The second-order valence-electron chi connectivity index (χ2n) is 5.26. The molecule has 3 rings (SSSR count). The first kappa shape index (κ1) is 18.0. The number of methoxy groups -OCH3 is 1. The summed E-state index contributed by atoms with van der Waals surface area (Å²) in [7, 11) is -2.44. The van der Waals surface area contributed by atoms with Gasteiger partial charge in [0, 0.05) is 23.5 Å². The van der Waals surface area contributed by atoms with Crippen molar-refractivity contribution in [1.82, 2.24) is 14.8 Å². The predicted octanol–water partition coefficient (Wildman–Crippen LogP) is 2.42. The lowest BCUT2D eigenvalue weighted by Gasteiger charge is -2.30. The fraction of sp³-hybridized carbons (Fsp3) is 0.133. The molecule has 1 aliphatic heterocycles. The highest BCUT2D eigenvalue weighted by Crippen LogP contribution is 2.32. The van der Waals surface area contributed by atoms with Crippen LogP contribution < -0.4 is 15.3 Å². The molecule has 10 heteroatoms. The Balaban J connectivity index is 2.17. The van der Waals surface area contributed by atoms with E-state index in [0.29, 0.717) is 27.1 Å². The van der Waals surface area contributed by atoms with Crippen LogP contribution in [-0.2, 0) is 16.8 Å². The summed E-state index contributed by atoms with van der Waals surface area (Å²) in [6.45, 7) is 0.0561. The Bertz CT molecular complexity index is 943. The lowest BCUT2D eigenvalue weighted by atomic mass is 10.0. The topological polar surface area (TPSA) is 97.5 Å². The Kier molecular flexibility index (Phi) is 4.90. The number of benzene rings is 1. The molecule has 132 valence electrons. The first-order valence-electron chi connectivity index (χ1n) is 7.04. The van der Waals surface area contributed by atoms with Gasteiger partial charge in [-0.3, -0.25) is 4.98 Å². The standard InChI is InChI=1S/C15H14Cl2N4O3S/c1-24-10-2-3-11-9(4-10)8-21(25(18,22)23)20-15(11)5-12-13(16)6-19-7-14(12)17/h2-7,20H,8H2,1H3,(H2,18,22,23). The smallest absolute Gasteiger partial charge is 0.294 e. The highest BCUT2D eigenvalue weighted by atomic mass is 35.5. The summed E-state index contributed by atoms with van der Waals surface area (Å²) >= 11 is 12.3. The van der Waals surface area contributed by atoms with Crippen LogP contribution in [0.3, 0.4) is 0 Å². The number of nitrogens with zero attached hydrogens (tertiary/aromatic N) is 2. The van der Waals surface area contributed by atoms with Gasteiger partial charge >= 0.3 is 0 Å². The average molecular weight is 401 g/mol. The minimum atomic E-state index is -3.97. The molecule has 0 fully saturated rings. The lowest BCUT2D eigenvalue weighted by molar-refractivity contribution is 0.351. The van der Waals surface area contributed by atoms with Crippen LogP contribution >= 0.6 is 23.2 Å². The first-order valence-corrected chi connectivity index (χ1v) is 9.30. The van der Waals surface area contributed by atoms with E-state index in [-0.39, 0.29) is 6.54 Å². The van der Waals surface area contributed by atoms with Crippen molar-refractivity contribution in [3.63, 3.8) is 0 Å². The van der Waals surface area contributed by atoms with E-state index < -0.39 is 10.2 Å². The number of nitrogens with one attached hydrogen (secondary N) is 1. The third-order valence-corrected chi connectivity index (χ3v) is 5.09. The van der Waals surface area contributed by atoms with Gasteiger partial charge in [0.15, 0.2) is 0 Å². The van der Waals surface area contributed by atoms with E-state index in [1.165, 1.54) is 19.5 Å². The molecule has 0 bridgehead atoms. The van der Waals surface area contributed by atoms with Gasteiger partial charge in [0.05, 0.1) is 29.4 Å². The molecular weight excluding hydrogens is 387 g/mol. The summed E-state index contributed by atoms with van der Waals surface area (Å²) in [6.07, 6.45) is 4.55. The van der Waals surface area contributed by atoms with Crippen molar-refractivity contribution in [2.75, 3.05) is 7.11 Å². The van der Waals surface area contributed by atoms with Gasteiger partial charge in [-0.05, 0) is 29.8 Å². The minimum Gasteiger partial charge on any atom is -0.497 e. The van der Waals surface area contributed by atoms with Gasteiger partial charge in [-0.15, -0.1) is 0 Å². The molecule has 1 aromatic heterocycles. The quantitative estimate of drug-likeness (QED) is 0.824. The summed E-state index contributed by atoms with van der Waals surface area (Å²) < 4.78 is 29.7. The van der Waals surface area contributed by atoms with E-state index >= 15 is 0 Å². The van der Waals surface area contributed by atoms with Crippen molar-refractivity contribution in [2.45, 2.75) is 6.54 Å². The summed E-state index contributed by atoms with van der Waals surface area (Å²) in [5, 5.41) is 5.94. The van der Waals surface area contributed by atoms with E-state index in [1.807, 2.05) is 6.07 Å². The molecule has 0 aliphatic carbocycles. The fourth-order valence-electron chi connectivity index (χ4n) is 2.45. The van der Waals surface area contributed by atoms with Crippen molar-refractivity contribution >= 4 is 45.2 Å². The van der Waals surface area contributed by atoms with Crippen molar-refractivity contribution in [2.24, 2.45) is 5.14 Å². The van der Waals surface area contributed by atoms with Crippen molar-refractivity contribution < 1.29 is 13.2 Å². The number of ether oxygens (including phenoxy) is 1. The predicted molar refractivity (Wildman–Crippen MR) is 96.9 cm³/mol. The van der Waals surface area contributed by atoms with Crippen molar-refractivity contribution in [3.8, 4) is 5.75 Å². The van der Waals surface area contributed by atoms with Crippen LogP contribution in [-0.4, -0.2) is 24.9 Å². The van der Waals surface area contributed by atoms with Crippen LogP contribution in [0.1, 0.15) is 16.7 Å². The molecule has 0 radical (unpaired) electrons. The zero-order valence-corrected chi connectivity index (χ0v) is 15.4. The first-order chi connectivity index (χ1) is 11.8. The van der Waals surface area contributed by atoms with Gasteiger partial charge in [-0.25, -0.2) is 5.14 Å². The maximum atomic E-state index is 11.8. The molecule has 0 spiro atoms. The van der Waals surface area contributed by atoms with Gasteiger partial charge in [-0.2, -0.15) is 8.42 Å². The van der Waals surface area contributed by atoms with E-state index in [2.05, 4.69) is 10.4 Å². The molecule has 0 unspecified atom stereocenters. The maximum Gasteiger partial charge on any atom is 0.294 e. The Morgan fingerprint density at radius 2 is 2.00 bits per heavy atom. The van der Waals surface area contributed by atoms with Gasteiger partial charge in [0.1, 0.15) is 5.75 Å². The van der Waals surface area contributed by atoms with Crippen LogP contribution in [0, 0.1) is 0 Å². The molecule has 0 amide bonds. The second-order valence-corrected chi connectivity index (χ2v) is 7.55. The van der Waals surface area contributed by atoms with E-state index in [9.17, 15) is 8.42 Å². The number of hydrogen-bond acceptors (Lipinski definition) is 5. The molecular formula is C15H14Cl2N4O3S.